The second kappa shape index (κ2) is 13.2. The third kappa shape index (κ3) is 7.93. The van der Waals surface area contributed by atoms with Gasteiger partial charge in [0, 0.05) is 6.07 Å². The van der Waals surface area contributed by atoms with Gasteiger partial charge in [-0.2, -0.15) is 5.26 Å². The molecule has 0 saturated carbocycles. The van der Waals surface area contributed by atoms with Crippen molar-refractivity contribution in [2.24, 2.45) is 23.7 Å². The van der Waals surface area contributed by atoms with Crippen molar-refractivity contribution >= 4 is 29.2 Å². The normalized spacial score (nSPS) is 13.5. The van der Waals surface area contributed by atoms with Crippen molar-refractivity contribution in [2.75, 3.05) is 6.61 Å². The zero-order valence-corrected chi connectivity index (χ0v) is 21.5. The third-order valence-electron chi connectivity index (χ3n) is 5.22. The van der Waals surface area contributed by atoms with Gasteiger partial charge in [-0.1, -0.05) is 57.0 Å². The fourth-order valence-electron chi connectivity index (χ4n) is 3.60. The number of halogens is 2. The van der Waals surface area contributed by atoms with E-state index in [9.17, 15) is 10.1 Å². The number of carbonyl (C=O) groups excluding carboxylic acids is 1. The van der Waals surface area contributed by atoms with Crippen LogP contribution in [0.15, 0.2) is 53.0 Å². The predicted molar refractivity (Wildman–Crippen MR) is 133 cm³/mol. The molecule has 6 nitrogen and oxygen atoms in total. The number of hydrogen-bond acceptors (Lipinski definition) is 6. The minimum absolute atomic E-state index is 0.0644. The number of pyridine rings is 1. The summed E-state index contributed by atoms with van der Waals surface area (Å²) in [4.78, 5) is 17.5. The molecule has 1 heterocycles. The molecule has 0 spiro atoms. The Morgan fingerprint density at radius 3 is 2.24 bits per heavy atom. The summed E-state index contributed by atoms with van der Waals surface area (Å²) in [6.07, 6.45) is 0.464. The maximum atomic E-state index is 13.2. The van der Waals surface area contributed by atoms with E-state index in [4.69, 9.17) is 37.4 Å². The van der Waals surface area contributed by atoms with E-state index >= 15 is 0 Å². The summed E-state index contributed by atoms with van der Waals surface area (Å²) in [6.45, 7) is 10.3. The minimum atomic E-state index is -1.19. The Labute approximate surface area is 211 Å². The average Bonchev–Trinajstić information content (AvgIpc) is 2.78. The smallest absolute Gasteiger partial charge is 0.311 e. The molecule has 0 aliphatic carbocycles. The van der Waals surface area contributed by atoms with E-state index in [0.29, 0.717) is 12.4 Å². The van der Waals surface area contributed by atoms with Crippen LogP contribution in [0.25, 0.3) is 0 Å². The zero-order valence-electron chi connectivity index (χ0n) is 20.0. The number of nitrogens with zero attached hydrogens (tertiary/aromatic N) is 2. The molecule has 0 amide bonds. The van der Waals surface area contributed by atoms with Crippen molar-refractivity contribution in [3.63, 3.8) is 0 Å². The summed E-state index contributed by atoms with van der Waals surface area (Å²) in [7, 11) is 0. The molecule has 0 saturated heterocycles. The second-order valence-corrected chi connectivity index (χ2v) is 9.41. The van der Waals surface area contributed by atoms with Gasteiger partial charge in [-0.05, 0) is 61.1 Å². The number of benzene rings is 1. The summed E-state index contributed by atoms with van der Waals surface area (Å²) in [5.41, 5.74) is 0.272. The number of rotatable bonds is 11. The molecule has 0 fully saturated rings. The summed E-state index contributed by atoms with van der Waals surface area (Å²) in [5, 5.41) is 9.73. The third-order valence-corrected chi connectivity index (χ3v) is 5.47. The van der Waals surface area contributed by atoms with Crippen LogP contribution in [0.1, 0.15) is 46.4 Å². The van der Waals surface area contributed by atoms with E-state index in [-0.39, 0.29) is 33.8 Å². The fourth-order valence-corrected chi connectivity index (χ4v) is 3.89. The lowest BCUT2D eigenvalue weighted by Gasteiger charge is -2.29. The van der Waals surface area contributed by atoms with Crippen LogP contribution >= 0.6 is 23.2 Å². The van der Waals surface area contributed by atoms with Crippen molar-refractivity contribution in [2.45, 2.75) is 40.7 Å². The molecule has 34 heavy (non-hydrogen) atoms. The summed E-state index contributed by atoms with van der Waals surface area (Å²) in [5.74, 6) is 0.287. The van der Waals surface area contributed by atoms with Gasteiger partial charge >= 0.3 is 5.97 Å². The zero-order chi connectivity index (χ0) is 25.3. The number of allylic oxidation sites excluding steroid dienone is 1. The Kier molecular flexibility index (Phi) is 10.7. The number of hydrogen-bond donors (Lipinski definition) is 0. The first-order valence-corrected chi connectivity index (χ1v) is 11.9. The van der Waals surface area contributed by atoms with Gasteiger partial charge in [0.2, 0.25) is 12.0 Å². The molecule has 0 radical (unpaired) electrons. The first-order chi connectivity index (χ1) is 16.2. The van der Waals surface area contributed by atoms with E-state index < -0.39 is 18.0 Å². The van der Waals surface area contributed by atoms with Crippen molar-refractivity contribution in [3.05, 3.63) is 58.7 Å². The first kappa shape index (κ1) is 27.5. The number of nitriles is 1. The highest BCUT2D eigenvalue weighted by Gasteiger charge is 2.35. The fraction of sp³-hybridized carbons (Fsp3) is 0.423. The number of aromatic nitrogens is 1. The van der Waals surface area contributed by atoms with Crippen LogP contribution in [-0.2, 0) is 9.53 Å². The molecule has 1 aromatic carbocycles. The SMILES string of the molecule is CCOc1ccc(Oc2cccc(C(C#N)OC(=O)C(C(C)C)C(C=C(Cl)Cl)C(C)C)n2)cc1. The monoisotopic (exact) mass is 504 g/mol. The van der Waals surface area contributed by atoms with Gasteiger partial charge in [0.05, 0.1) is 18.2 Å². The molecule has 2 rings (SSSR count). The van der Waals surface area contributed by atoms with Gasteiger partial charge in [-0.15, -0.1) is 0 Å². The van der Waals surface area contributed by atoms with Crippen molar-refractivity contribution in [3.8, 4) is 23.4 Å². The Balaban J connectivity index is 2.21. The summed E-state index contributed by atoms with van der Waals surface area (Å²) in [6, 6.07) is 14.1. The number of esters is 1. The molecule has 8 heteroatoms. The van der Waals surface area contributed by atoms with E-state index in [1.165, 1.54) is 0 Å². The highest BCUT2D eigenvalue weighted by Crippen LogP contribution is 2.34. The Morgan fingerprint density at radius 2 is 1.71 bits per heavy atom. The highest BCUT2D eigenvalue weighted by atomic mass is 35.5. The van der Waals surface area contributed by atoms with Crippen molar-refractivity contribution in [1.82, 2.24) is 4.98 Å². The van der Waals surface area contributed by atoms with E-state index in [0.717, 1.165) is 5.75 Å². The molecule has 2 aromatic rings. The lowest BCUT2D eigenvalue weighted by molar-refractivity contribution is -0.156. The van der Waals surface area contributed by atoms with Crippen molar-refractivity contribution in [1.29, 1.82) is 5.26 Å². The van der Waals surface area contributed by atoms with Crippen LogP contribution in [0.4, 0.5) is 0 Å². The summed E-state index contributed by atoms with van der Waals surface area (Å²) >= 11 is 11.8. The molecular formula is C26H30Cl2N2O4. The van der Waals surface area contributed by atoms with Crippen LogP contribution in [-0.4, -0.2) is 17.6 Å². The molecular weight excluding hydrogens is 475 g/mol. The molecule has 3 atom stereocenters. The Morgan fingerprint density at radius 1 is 1.06 bits per heavy atom. The van der Waals surface area contributed by atoms with Gasteiger partial charge < -0.3 is 14.2 Å². The van der Waals surface area contributed by atoms with E-state index in [2.05, 4.69) is 4.98 Å². The number of ether oxygens (including phenoxy) is 3. The van der Waals surface area contributed by atoms with E-state index in [1.807, 2.05) is 40.7 Å². The van der Waals surface area contributed by atoms with Crippen LogP contribution in [0.2, 0.25) is 0 Å². The average molecular weight is 505 g/mol. The van der Waals surface area contributed by atoms with Gasteiger partial charge in [-0.3, -0.25) is 4.79 Å². The van der Waals surface area contributed by atoms with Crippen LogP contribution in [0.5, 0.6) is 17.4 Å². The first-order valence-electron chi connectivity index (χ1n) is 11.2. The lowest BCUT2D eigenvalue weighted by Crippen LogP contribution is -2.33. The van der Waals surface area contributed by atoms with Gasteiger partial charge in [0.15, 0.2) is 0 Å². The Bertz CT molecular complexity index is 1010. The molecule has 0 bridgehead atoms. The second-order valence-electron chi connectivity index (χ2n) is 8.40. The quantitative estimate of drug-likeness (QED) is 0.299. The summed E-state index contributed by atoms with van der Waals surface area (Å²) < 4.78 is 16.9. The van der Waals surface area contributed by atoms with Crippen molar-refractivity contribution < 1.29 is 19.0 Å². The predicted octanol–water partition coefficient (Wildman–Crippen LogP) is 7.24. The molecule has 182 valence electrons. The van der Waals surface area contributed by atoms with Gasteiger partial charge in [0.1, 0.15) is 22.1 Å². The Hall–Kier alpha value is -2.75. The van der Waals surface area contributed by atoms with E-state index in [1.54, 1.807) is 48.5 Å². The topological polar surface area (TPSA) is 81.4 Å². The van der Waals surface area contributed by atoms with Crippen LogP contribution < -0.4 is 9.47 Å². The standard InChI is InChI=1S/C26H30Cl2N2O4/c1-6-32-18-10-12-19(13-11-18)33-24-9-7-8-21(30-24)22(15-29)34-26(31)25(17(4)5)20(16(2)3)14-23(27)28/h7-14,16-17,20,22,25H,6H2,1-5H3. The molecule has 0 N–H and O–H groups in total. The molecule has 3 unspecified atom stereocenters. The number of carbonyl (C=O) groups is 1. The maximum Gasteiger partial charge on any atom is 0.311 e. The van der Waals surface area contributed by atoms with Gasteiger partial charge in [0.25, 0.3) is 0 Å². The lowest BCUT2D eigenvalue weighted by atomic mass is 9.77. The van der Waals surface area contributed by atoms with Gasteiger partial charge in [-0.25, -0.2) is 4.98 Å². The maximum absolute atomic E-state index is 13.2. The van der Waals surface area contributed by atoms with Crippen LogP contribution in [0.3, 0.4) is 0 Å². The largest absolute Gasteiger partial charge is 0.494 e. The molecule has 0 aliphatic heterocycles. The highest BCUT2D eigenvalue weighted by molar-refractivity contribution is 6.55. The molecule has 1 aromatic heterocycles. The molecule has 0 aliphatic rings. The van der Waals surface area contributed by atoms with Crippen LogP contribution in [0, 0.1) is 35.0 Å². The minimum Gasteiger partial charge on any atom is -0.494 e.